The molecular formula is C15H34N2Si. The third-order valence-electron chi connectivity index (χ3n) is 3.87. The lowest BCUT2D eigenvalue weighted by Gasteiger charge is -2.42. The van der Waals surface area contributed by atoms with Gasteiger partial charge in [0.25, 0.3) is 0 Å². The standard InChI is InChI=1S/C15H34N2Si/c1-12(2)11-18(16-13(3)4,17-14(5)6)15-9-7-8-10-15/h12-17H,7-11H2,1-6H3. The Hall–Kier alpha value is 0.137. The van der Waals surface area contributed by atoms with E-state index in [1.165, 1.54) is 31.7 Å². The van der Waals surface area contributed by atoms with E-state index < -0.39 is 8.40 Å². The maximum absolute atomic E-state index is 4.03. The van der Waals surface area contributed by atoms with Crippen molar-refractivity contribution in [1.82, 2.24) is 9.96 Å². The van der Waals surface area contributed by atoms with E-state index >= 15 is 0 Å². The Morgan fingerprint density at radius 2 is 1.33 bits per heavy atom. The van der Waals surface area contributed by atoms with Crippen LogP contribution in [0, 0.1) is 5.92 Å². The molecule has 0 aliphatic heterocycles. The van der Waals surface area contributed by atoms with Crippen molar-refractivity contribution >= 4 is 8.40 Å². The summed E-state index contributed by atoms with van der Waals surface area (Å²) in [6.45, 7) is 14.0. The van der Waals surface area contributed by atoms with Crippen LogP contribution in [0.4, 0.5) is 0 Å². The highest BCUT2D eigenvalue weighted by atomic mass is 28.3. The van der Waals surface area contributed by atoms with Crippen molar-refractivity contribution in [2.24, 2.45) is 5.92 Å². The molecule has 0 heterocycles. The molecule has 0 bridgehead atoms. The molecular weight excluding hydrogens is 236 g/mol. The van der Waals surface area contributed by atoms with Crippen molar-refractivity contribution in [2.45, 2.75) is 90.9 Å². The van der Waals surface area contributed by atoms with Crippen molar-refractivity contribution in [3.05, 3.63) is 0 Å². The number of hydrogen-bond acceptors (Lipinski definition) is 2. The second-order valence-electron chi connectivity index (χ2n) is 7.15. The first-order valence-electron chi connectivity index (χ1n) is 7.91. The molecule has 1 fully saturated rings. The van der Waals surface area contributed by atoms with Crippen molar-refractivity contribution in [3.8, 4) is 0 Å². The quantitative estimate of drug-likeness (QED) is 0.683. The Kier molecular flexibility index (Phi) is 6.35. The summed E-state index contributed by atoms with van der Waals surface area (Å²) in [5.41, 5.74) is 0.935. The average Bonchev–Trinajstić information content (AvgIpc) is 2.65. The zero-order valence-corrected chi connectivity index (χ0v) is 14.3. The van der Waals surface area contributed by atoms with E-state index in [0.717, 1.165) is 11.5 Å². The Morgan fingerprint density at radius 1 is 0.889 bits per heavy atom. The smallest absolute Gasteiger partial charge is 0.205 e. The first kappa shape index (κ1) is 16.2. The lowest BCUT2D eigenvalue weighted by Crippen LogP contribution is -2.68. The van der Waals surface area contributed by atoms with Gasteiger partial charge >= 0.3 is 0 Å². The van der Waals surface area contributed by atoms with E-state index in [2.05, 4.69) is 51.5 Å². The summed E-state index contributed by atoms with van der Waals surface area (Å²) in [6, 6.07) is 2.57. The van der Waals surface area contributed by atoms with E-state index in [1.54, 1.807) is 0 Å². The molecule has 2 nitrogen and oxygen atoms in total. The molecule has 1 aliphatic rings. The van der Waals surface area contributed by atoms with Crippen LogP contribution in [0.25, 0.3) is 0 Å². The van der Waals surface area contributed by atoms with Gasteiger partial charge in [0.1, 0.15) is 0 Å². The molecule has 0 amide bonds. The maximum atomic E-state index is 4.03. The Labute approximate surface area is 115 Å². The highest BCUT2D eigenvalue weighted by Crippen LogP contribution is 2.39. The molecule has 0 aromatic carbocycles. The van der Waals surface area contributed by atoms with Crippen LogP contribution in [0.3, 0.4) is 0 Å². The minimum absolute atomic E-state index is 0.599. The van der Waals surface area contributed by atoms with E-state index in [0.29, 0.717) is 12.1 Å². The first-order chi connectivity index (χ1) is 8.35. The molecule has 0 spiro atoms. The van der Waals surface area contributed by atoms with Crippen LogP contribution < -0.4 is 9.96 Å². The van der Waals surface area contributed by atoms with Crippen molar-refractivity contribution < 1.29 is 0 Å². The van der Waals surface area contributed by atoms with Gasteiger partial charge in [0, 0.05) is 0 Å². The third-order valence-corrected chi connectivity index (χ3v) is 9.49. The summed E-state index contributed by atoms with van der Waals surface area (Å²) >= 11 is 0. The van der Waals surface area contributed by atoms with Crippen LogP contribution in [0.1, 0.15) is 67.2 Å². The summed E-state index contributed by atoms with van der Waals surface area (Å²) in [5, 5.41) is 0. The Bertz CT molecular complexity index is 206. The minimum Gasteiger partial charge on any atom is -0.323 e. The molecule has 108 valence electrons. The second kappa shape index (κ2) is 7.06. The van der Waals surface area contributed by atoms with Crippen LogP contribution in [0.2, 0.25) is 11.6 Å². The summed E-state index contributed by atoms with van der Waals surface area (Å²) in [7, 11) is -1.55. The number of hydrogen-bond donors (Lipinski definition) is 2. The predicted octanol–water partition coefficient (Wildman–Crippen LogP) is 4.02. The van der Waals surface area contributed by atoms with E-state index in [1.807, 2.05) is 0 Å². The van der Waals surface area contributed by atoms with Crippen LogP contribution in [-0.4, -0.2) is 20.5 Å². The predicted molar refractivity (Wildman–Crippen MR) is 84.2 cm³/mol. The van der Waals surface area contributed by atoms with Gasteiger partial charge < -0.3 is 9.96 Å². The molecule has 1 rings (SSSR count). The molecule has 1 aliphatic carbocycles. The second-order valence-corrected chi connectivity index (χ2v) is 10.9. The number of rotatable bonds is 7. The summed E-state index contributed by atoms with van der Waals surface area (Å²) in [6.07, 6.45) is 5.77. The zero-order valence-electron chi connectivity index (χ0n) is 13.3. The van der Waals surface area contributed by atoms with Gasteiger partial charge in [-0.1, -0.05) is 67.2 Å². The molecule has 0 atom stereocenters. The summed E-state index contributed by atoms with van der Waals surface area (Å²) in [5.74, 6) is 0.787. The minimum atomic E-state index is -1.55. The Balaban J connectivity index is 2.90. The van der Waals surface area contributed by atoms with Crippen LogP contribution in [0.15, 0.2) is 0 Å². The Morgan fingerprint density at radius 3 is 1.67 bits per heavy atom. The van der Waals surface area contributed by atoms with Gasteiger partial charge in [-0.2, -0.15) is 0 Å². The largest absolute Gasteiger partial charge is 0.323 e. The molecule has 0 aromatic heterocycles. The molecule has 3 heteroatoms. The molecule has 0 radical (unpaired) electrons. The van der Waals surface area contributed by atoms with Gasteiger partial charge in [-0.05, 0) is 29.6 Å². The van der Waals surface area contributed by atoms with E-state index in [-0.39, 0.29) is 0 Å². The fourth-order valence-corrected chi connectivity index (χ4v) is 9.52. The van der Waals surface area contributed by atoms with Crippen LogP contribution >= 0.6 is 0 Å². The van der Waals surface area contributed by atoms with Crippen LogP contribution in [0.5, 0.6) is 0 Å². The maximum Gasteiger partial charge on any atom is 0.205 e. The molecule has 18 heavy (non-hydrogen) atoms. The van der Waals surface area contributed by atoms with Gasteiger partial charge in [-0.15, -0.1) is 0 Å². The lowest BCUT2D eigenvalue weighted by molar-refractivity contribution is 0.580. The van der Waals surface area contributed by atoms with Crippen molar-refractivity contribution in [2.75, 3.05) is 0 Å². The van der Waals surface area contributed by atoms with Crippen LogP contribution in [-0.2, 0) is 0 Å². The van der Waals surface area contributed by atoms with E-state index in [4.69, 9.17) is 0 Å². The first-order valence-corrected chi connectivity index (χ1v) is 10.2. The molecule has 0 aromatic rings. The van der Waals surface area contributed by atoms with Gasteiger partial charge in [-0.25, -0.2) is 0 Å². The monoisotopic (exact) mass is 270 g/mol. The normalized spacial score (nSPS) is 18.5. The highest BCUT2D eigenvalue weighted by molar-refractivity contribution is 6.76. The average molecular weight is 271 g/mol. The highest BCUT2D eigenvalue weighted by Gasteiger charge is 2.44. The summed E-state index contributed by atoms with van der Waals surface area (Å²) in [4.78, 5) is 8.05. The van der Waals surface area contributed by atoms with Gasteiger partial charge in [0.15, 0.2) is 0 Å². The topological polar surface area (TPSA) is 24.1 Å². The van der Waals surface area contributed by atoms with Gasteiger partial charge in [0.05, 0.1) is 0 Å². The summed E-state index contributed by atoms with van der Waals surface area (Å²) < 4.78 is 0. The zero-order chi connectivity index (χ0) is 13.8. The van der Waals surface area contributed by atoms with Crippen molar-refractivity contribution in [1.29, 1.82) is 0 Å². The number of nitrogens with one attached hydrogen (secondary N) is 2. The molecule has 0 saturated heterocycles. The molecule has 1 saturated carbocycles. The van der Waals surface area contributed by atoms with E-state index in [9.17, 15) is 0 Å². The molecule has 0 unspecified atom stereocenters. The molecule has 2 N–H and O–H groups in total. The van der Waals surface area contributed by atoms with Crippen molar-refractivity contribution in [3.63, 3.8) is 0 Å². The lowest BCUT2D eigenvalue weighted by atomic mass is 10.3. The van der Waals surface area contributed by atoms with Gasteiger partial charge in [0.2, 0.25) is 8.40 Å². The third kappa shape index (κ3) is 4.67. The SMILES string of the molecule is CC(C)C[Si](NC(C)C)(NC(C)C)C1CCCC1. The van der Waals surface area contributed by atoms with Gasteiger partial charge in [-0.3, -0.25) is 0 Å². The fourth-order valence-electron chi connectivity index (χ4n) is 3.65. The fraction of sp³-hybridized carbons (Fsp3) is 1.00.